The zero-order valence-electron chi connectivity index (χ0n) is 25.3. The van der Waals surface area contributed by atoms with Crippen LogP contribution in [0.15, 0.2) is 90.0 Å². The Balaban J connectivity index is 1.50. The number of carbonyl (C=O) groups is 2. The van der Waals surface area contributed by atoms with Crippen molar-refractivity contribution in [2.45, 2.75) is 82.9 Å². The van der Waals surface area contributed by atoms with E-state index in [0.29, 0.717) is 12.2 Å². The Bertz CT molecular complexity index is 1220. The number of nitrogens with one attached hydrogen (secondary N) is 1. The van der Waals surface area contributed by atoms with Gasteiger partial charge in [-0.15, -0.1) is 11.8 Å². The Labute approximate surface area is 259 Å². The summed E-state index contributed by atoms with van der Waals surface area (Å²) < 4.78 is 12.5. The fourth-order valence-corrected chi connectivity index (χ4v) is 4.81. The van der Waals surface area contributed by atoms with Crippen molar-refractivity contribution in [2.75, 3.05) is 18.1 Å². The van der Waals surface area contributed by atoms with Gasteiger partial charge in [0.15, 0.2) is 0 Å². The summed E-state index contributed by atoms with van der Waals surface area (Å²) in [5.41, 5.74) is 4.60. The highest BCUT2D eigenvalue weighted by Gasteiger charge is 2.29. The SMILES string of the molecule is CC/C=C\C/C=C\C/C=C\C/C=C\C/C=C\C/C=C\CCC(=O)N[C@@H](C)C(=O)OC[C@@H]1O[C@H](n2ccc(N)nc2=O)CS1. The van der Waals surface area contributed by atoms with Crippen LogP contribution in [0.4, 0.5) is 5.82 Å². The van der Waals surface area contributed by atoms with Crippen molar-refractivity contribution in [3.05, 3.63) is 95.7 Å². The van der Waals surface area contributed by atoms with Gasteiger partial charge in [-0.05, 0) is 57.9 Å². The first-order chi connectivity index (χ1) is 20.9. The van der Waals surface area contributed by atoms with Crippen molar-refractivity contribution < 1.29 is 19.1 Å². The Morgan fingerprint density at radius 2 is 1.58 bits per heavy atom. The van der Waals surface area contributed by atoms with Crippen LogP contribution in [0.2, 0.25) is 0 Å². The first kappa shape index (κ1) is 35.6. The van der Waals surface area contributed by atoms with E-state index in [1.165, 1.54) is 28.6 Å². The van der Waals surface area contributed by atoms with Gasteiger partial charge in [-0.1, -0.05) is 79.8 Å². The van der Waals surface area contributed by atoms with Gasteiger partial charge in [-0.25, -0.2) is 9.59 Å². The van der Waals surface area contributed by atoms with E-state index in [1.54, 1.807) is 6.92 Å². The van der Waals surface area contributed by atoms with Gasteiger partial charge in [-0.2, -0.15) is 4.98 Å². The second-order valence-corrected chi connectivity index (χ2v) is 11.0. The first-order valence-corrected chi connectivity index (χ1v) is 15.9. The number of anilines is 1. The molecule has 10 heteroatoms. The summed E-state index contributed by atoms with van der Waals surface area (Å²) in [4.78, 5) is 40.2. The van der Waals surface area contributed by atoms with Gasteiger partial charge in [0.25, 0.3) is 0 Å². The Morgan fingerprint density at radius 3 is 2.14 bits per heavy atom. The smallest absolute Gasteiger partial charge is 0.351 e. The number of esters is 1. The number of carbonyl (C=O) groups excluding carboxylic acids is 2. The molecule has 1 fully saturated rings. The normalized spacial score (nSPS) is 18.3. The molecule has 1 aromatic rings. The molecule has 0 unspecified atom stereocenters. The summed E-state index contributed by atoms with van der Waals surface area (Å²) >= 11 is 1.43. The van der Waals surface area contributed by atoms with E-state index in [1.807, 2.05) is 12.2 Å². The lowest BCUT2D eigenvalue weighted by Crippen LogP contribution is -2.40. The number of ether oxygens (including phenoxy) is 2. The van der Waals surface area contributed by atoms with Crippen LogP contribution in [0.25, 0.3) is 0 Å². The minimum absolute atomic E-state index is 0.00982. The molecule has 2 heterocycles. The monoisotopic (exact) mass is 610 g/mol. The van der Waals surface area contributed by atoms with E-state index < -0.39 is 29.4 Å². The molecule has 3 atom stereocenters. The predicted octanol–water partition coefficient (Wildman–Crippen LogP) is 5.94. The first-order valence-electron chi connectivity index (χ1n) is 14.9. The summed E-state index contributed by atoms with van der Waals surface area (Å²) in [6, 6.07) is 0.749. The minimum atomic E-state index is -0.774. The van der Waals surface area contributed by atoms with E-state index in [9.17, 15) is 14.4 Å². The fraction of sp³-hybridized carbons (Fsp3) is 0.455. The second-order valence-electron chi connectivity index (χ2n) is 9.77. The highest BCUT2D eigenvalue weighted by molar-refractivity contribution is 8.00. The lowest BCUT2D eigenvalue weighted by Gasteiger charge is -2.16. The minimum Gasteiger partial charge on any atom is -0.460 e. The zero-order chi connectivity index (χ0) is 31.1. The summed E-state index contributed by atoms with van der Waals surface area (Å²) in [6.07, 6.45) is 33.3. The average Bonchev–Trinajstić information content (AvgIpc) is 3.45. The number of aromatic nitrogens is 2. The Morgan fingerprint density at radius 1 is 1.02 bits per heavy atom. The number of rotatable bonds is 19. The number of thioether (sulfide) groups is 1. The quantitative estimate of drug-likeness (QED) is 0.146. The molecule has 1 aliphatic rings. The van der Waals surface area contributed by atoms with Gasteiger partial charge in [-0.3, -0.25) is 9.36 Å². The van der Waals surface area contributed by atoms with Gasteiger partial charge >= 0.3 is 11.7 Å². The molecule has 1 amide bonds. The number of nitrogens with zero attached hydrogens (tertiary/aromatic N) is 2. The van der Waals surface area contributed by atoms with Crippen LogP contribution in [-0.2, 0) is 19.1 Å². The molecule has 0 bridgehead atoms. The molecule has 1 saturated heterocycles. The van der Waals surface area contributed by atoms with Crippen molar-refractivity contribution in [2.24, 2.45) is 0 Å². The molecular weight excluding hydrogens is 564 g/mol. The van der Waals surface area contributed by atoms with Crippen molar-refractivity contribution in [3.8, 4) is 0 Å². The summed E-state index contributed by atoms with van der Waals surface area (Å²) in [5, 5.41) is 2.67. The number of amides is 1. The number of nitrogens with two attached hydrogens (primary N) is 1. The average molecular weight is 611 g/mol. The van der Waals surface area contributed by atoms with Gasteiger partial charge in [0, 0.05) is 18.4 Å². The highest BCUT2D eigenvalue weighted by Crippen LogP contribution is 2.31. The molecule has 0 aromatic carbocycles. The van der Waals surface area contributed by atoms with Gasteiger partial charge in [0.1, 0.15) is 30.1 Å². The molecule has 1 aliphatic heterocycles. The molecule has 0 spiro atoms. The van der Waals surface area contributed by atoms with E-state index in [0.717, 1.165) is 38.5 Å². The molecule has 0 aliphatic carbocycles. The summed E-state index contributed by atoms with van der Waals surface area (Å²) in [6.45, 7) is 3.74. The Kier molecular flexibility index (Phi) is 18.2. The van der Waals surface area contributed by atoms with Gasteiger partial charge < -0.3 is 20.5 Å². The summed E-state index contributed by atoms with van der Waals surface area (Å²) in [7, 11) is 0. The van der Waals surface area contributed by atoms with Crippen LogP contribution < -0.4 is 16.7 Å². The van der Waals surface area contributed by atoms with Gasteiger partial charge in [0.05, 0.1) is 0 Å². The van der Waals surface area contributed by atoms with E-state index in [2.05, 4.69) is 78.0 Å². The third-order valence-electron chi connectivity index (χ3n) is 6.12. The van der Waals surface area contributed by atoms with Crippen LogP contribution in [-0.4, -0.2) is 45.3 Å². The highest BCUT2D eigenvalue weighted by atomic mass is 32.2. The lowest BCUT2D eigenvalue weighted by molar-refractivity contribution is -0.150. The van der Waals surface area contributed by atoms with Crippen LogP contribution in [0, 0.1) is 0 Å². The molecule has 9 nitrogen and oxygen atoms in total. The summed E-state index contributed by atoms with van der Waals surface area (Å²) in [5.74, 6) is -0.105. The van der Waals surface area contributed by atoms with E-state index >= 15 is 0 Å². The number of hydrogen-bond acceptors (Lipinski definition) is 8. The molecule has 43 heavy (non-hydrogen) atoms. The van der Waals surface area contributed by atoms with E-state index in [4.69, 9.17) is 15.2 Å². The molecule has 0 radical (unpaired) electrons. The maximum absolute atomic E-state index is 12.3. The molecule has 2 rings (SSSR count). The van der Waals surface area contributed by atoms with Crippen LogP contribution in [0.1, 0.15) is 71.4 Å². The van der Waals surface area contributed by atoms with Crippen molar-refractivity contribution >= 4 is 29.5 Å². The zero-order valence-corrected chi connectivity index (χ0v) is 26.1. The third kappa shape index (κ3) is 16.0. The van der Waals surface area contributed by atoms with Crippen LogP contribution in [0.5, 0.6) is 0 Å². The standard InChI is InChI=1S/C33H46N4O5S/c1-3-4-5-6-7-8-9-10-11-12-13-14-15-16-17-18-19-20-21-22-29(38)35-27(2)32(39)41-25-31-42-30(26-43-31)37-24-23-28(34)36-33(37)40/h4-5,7-8,10-11,13-14,16-17,19-20,23-24,27,30-31H,3,6,9,12,15,18,21-22,25-26H2,1-2H3,(H,35,38)(H2,34,36,40)/b5-4-,8-7-,11-10-,14-13-,17-16-,20-19-/t27-,30-,31+/m0/s1. The maximum atomic E-state index is 12.3. The number of allylic oxidation sites excluding steroid dienone is 12. The van der Waals surface area contributed by atoms with Crippen molar-refractivity contribution in [1.29, 1.82) is 0 Å². The van der Waals surface area contributed by atoms with Crippen LogP contribution >= 0.6 is 11.8 Å². The fourth-order valence-electron chi connectivity index (χ4n) is 3.82. The molecule has 1 aromatic heterocycles. The number of nitrogen functional groups attached to an aromatic ring is 1. The van der Waals surface area contributed by atoms with Gasteiger partial charge in [0.2, 0.25) is 5.91 Å². The second kappa shape index (κ2) is 22.0. The third-order valence-corrected chi connectivity index (χ3v) is 7.22. The number of hydrogen-bond donors (Lipinski definition) is 2. The Hall–Kier alpha value is -3.63. The van der Waals surface area contributed by atoms with Crippen molar-refractivity contribution in [1.82, 2.24) is 14.9 Å². The van der Waals surface area contributed by atoms with Crippen LogP contribution in [0.3, 0.4) is 0 Å². The topological polar surface area (TPSA) is 126 Å². The molecule has 0 saturated carbocycles. The maximum Gasteiger partial charge on any atom is 0.351 e. The van der Waals surface area contributed by atoms with E-state index in [-0.39, 0.29) is 24.8 Å². The largest absolute Gasteiger partial charge is 0.460 e. The molecular formula is C33H46N4O5S. The molecule has 3 N–H and O–H groups in total. The molecule has 234 valence electrons. The lowest BCUT2D eigenvalue weighted by atomic mass is 10.2. The predicted molar refractivity (Wildman–Crippen MR) is 175 cm³/mol. The van der Waals surface area contributed by atoms with Crippen molar-refractivity contribution in [3.63, 3.8) is 0 Å².